The Balaban J connectivity index is 2.84. The predicted molar refractivity (Wildman–Crippen MR) is 53.4 cm³/mol. The Kier molecular flexibility index (Phi) is 3.21. The molecule has 0 aliphatic rings. The summed E-state index contributed by atoms with van der Waals surface area (Å²) in [6, 6.07) is 6.94. The Bertz CT molecular complexity index is 302. The largest absolute Gasteiger partial charge is 0.324 e. The van der Waals surface area contributed by atoms with Gasteiger partial charge in [-0.15, -0.1) is 0 Å². The van der Waals surface area contributed by atoms with Crippen LogP contribution in [0.25, 0.3) is 0 Å². The SMILES string of the molecule is CC(N)c1cccc(CC(C)(F)F)c1. The molecule has 2 N–H and O–H groups in total. The number of alkyl halides is 2. The van der Waals surface area contributed by atoms with Crippen LogP contribution >= 0.6 is 0 Å². The molecule has 0 aliphatic carbocycles. The number of hydrogen-bond donors (Lipinski definition) is 1. The lowest BCUT2D eigenvalue weighted by Crippen LogP contribution is -2.14. The van der Waals surface area contributed by atoms with Crippen molar-refractivity contribution >= 4 is 0 Å². The molecular formula is C11H15F2N. The van der Waals surface area contributed by atoms with Crippen molar-refractivity contribution in [2.75, 3.05) is 0 Å². The molecule has 1 nitrogen and oxygen atoms in total. The molecule has 1 unspecified atom stereocenters. The van der Waals surface area contributed by atoms with Gasteiger partial charge in [-0.05, 0) is 25.0 Å². The Hall–Kier alpha value is -0.960. The molecule has 78 valence electrons. The van der Waals surface area contributed by atoms with Gasteiger partial charge in [0, 0.05) is 12.5 Å². The van der Waals surface area contributed by atoms with Crippen molar-refractivity contribution in [3.8, 4) is 0 Å². The third-order valence-electron chi connectivity index (χ3n) is 1.99. The van der Waals surface area contributed by atoms with Crippen molar-refractivity contribution in [1.29, 1.82) is 0 Å². The maximum absolute atomic E-state index is 12.7. The molecular weight excluding hydrogens is 184 g/mol. The summed E-state index contributed by atoms with van der Waals surface area (Å²) in [7, 11) is 0. The second-order valence-corrected chi connectivity index (χ2v) is 3.78. The van der Waals surface area contributed by atoms with Crippen molar-refractivity contribution in [2.45, 2.75) is 32.2 Å². The van der Waals surface area contributed by atoms with Crippen molar-refractivity contribution in [3.63, 3.8) is 0 Å². The van der Waals surface area contributed by atoms with Crippen LogP contribution in [0.3, 0.4) is 0 Å². The van der Waals surface area contributed by atoms with Gasteiger partial charge in [0.05, 0.1) is 0 Å². The molecule has 14 heavy (non-hydrogen) atoms. The van der Waals surface area contributed by atoms with Gasteiger partial charge in [-0.25, -0.2) is 8.78 Å². The van der Waals surface area contributed by atoms with Gasteiger partial charge in [0.15, 0.2) is 0 Å². The normalized spacial score (nSPS) is 14.1. The molecule has 0 bridgehead atoms. The van der Waals surface area contributed by atoms with E-state index in [9.17, 15) is 8.78 Å². The molecule has 0 radical (unpaired) electrons. The number of hydrogen-bond acceptors (Lipinski definition) is 1. The summed E-state index contributed by atoms with van der Waals surface area (Å²) in [4.78, 5) is 0. The highest BCUT2D eigenvalue weighted by Crippen LogP contribution is 2.20. The van der Waals surface area contributed by atoms with E-state index in [0.29, 0.717) is 5.56 Å². The van der Waals surface area contributed by atoms with Crippen LogP contribution in [0.1, 0.15) is 31.0 Å². The van der Waals surface area contributed by atoms with Crippen LogP contribution in [0.15, 0.2) is 24.3 Å². The third kappa shape index (κ3) is 3.42. The molecule has 0 aliphatic heterocycles. The van der Waals surface area contributed by atoms with Crippen LogP contribution in [0.2, 0.25) is 0 Å². The molecule has 3 heteroatoms. The zero-order valence-corrected chi connectivity index (χ0v) is 8.43. The van der Waals surface area contributed by atoms with E-state index in [1.807, 2.05) is 13.0 Å². The highest BCUT2D eigenvalue weighted by atomic mass is 19.3. The second-order valence-electron chi connectivity index (χ2n) is 3.78. The van der Waals surface area contributed by atoms with E-state index in [4.69, 9.17) is 5.73 Å². The van der Waals surface area contributed by atoms with Gasteiger partial charge < -0.3 is 5.73 Å². The lowest BCUT2D eigenvalue weighted by molar-refractivity contribution is 0.0226. The summed E-state index contributed by atoms with van der Waals surface area (Å²) in [5, 5.41) is 0. The Morgan fingerprint density at radius 1 is 1.43 bits per heavy atom. The van der Waals surface area contributed by atoms with Crippen LogP contribution in [0.4, 0.5) is 8.78 Å². The molecule has 1 aromatic carbocycles. The average molecular weight is 199 g/mol. The first-order chi connectivity index (χ1) is 6.38. The van der Waals surface area contributed by atoms with Crippen molar-refractivity contribution in [2.24, 2.45) is 5.73 Å². The number of nitrogens with two attached hydrogens (primary N) is 1. The summed E-state index contributed by atoms with van der Waals surface area (Å²) < 4.78 is 25.4. The minimum atomic E-state index is -2.66. The van der Waals surface area contributed by atoms with Crippen LogP contribution < -0.4 is 5.73 Å². The van der Waals surface area contributed by atoms with Crippen LogP contribution in [0.5, 0.6) is 0 Å². The summed E-state index contributed by atoms with van der Waals surface area (Å²) in [5.74, 6) is -2.66. The van der Waals surface area contributed by atoms with Gasteiger partial charge in [-0.2, -0.15) is 0 Å². The topological polar surface area (TPSA) is 26.0 Å². The van der Waals surface area contributed by atoms with E-state index in [1.54, 1.807) is 18.2 Å². The van der Waals surface area contributed by atoms with Crippen LogP contribution in [-0.4, -0.2) is 5.92 Å². The summed E-state index contributed by atoms with van der Waals surface area (Å²) in [6.45, 7) is 2.76. The smallest absolute Gasteiger partial charge is 0.249 e. The first-order valence-corrected chi connectivity index (χ1v) is 4.61. The van der Waals surface area contributed by atoms with E-state index in [2.05, 4.69) is 0 Å². The maximum Gasteiger partial charge on any atom is 0.249 e. The highest BCUT2D eigenvalue weighted by Gasteiger charge is 2.21. The lowest BCUT2D eigenvalue weighted by atomic mass is 10.0. The summed E-state index contributed by atoms with van der Waals surface area (Å²) in [6.07, 6.45) is -0.229. The fourth-order valence-corrected chi connectivity index (χ4v) is 1.34. The van der Waals surface area contributed by atoms with Gasteiger partial charge in [-0.3, -0.25) is 0 Å². The minimum absolute atomic E-state index is 0.111. The molecule has 0 amide bonds. The Morgan fingerprint density at radius 2 is 2.07 bits per heavy atom. The highest BCUT2D eigenvalue weighted by molar-refractivity contribution is 5.26. The third-order valence-corrected chi connectivity index (χ3v) is 1.99. The first kappa shape index (κ1) is 11.1. The molecule has 0 aromatic heterocycles. The fraction of sp³-hybridized carbons (Fsp3) is 0.455. The zero-order chi connectivity index (χ0) is 10.8. The molecule has 0 spiro atoms. The van der Waals surface area contributed by atoms with Gasteiger partial charge in [-0.1, -0.05) is 24.3 Å². The van der Waals surface area contributed by atoms with Gasteiger partial charge in [0.25, 0.3) is 0 Å². The summed E-state index contributed by atoms with van der Waals surface area (Å²) in [5.41, 5.74) is 7.19. The maximum atomic E-state index is 12.7. The molecule has 0 fully saturated rings. The molecule has 0 heterocycles. The van der Waals surface area contributed by atoms with Crippen LogP contribution in [-0.2, 0) is 6.42 Å². The first-order valence-electron chi connectivity index (χ1n) is 4.61. The monoisotopic (exact) mass is 199 g/mol. The quantitative estimate of drug-likeness (QED) is 0.795. The van der Waals surface area contributed by atoms with E-state index in [0.717, 1.165) is 12.5 Å². The van der Waals surface area contributed by atoms with Crippen molar-refractivity contribution in [1.82, 2.24) is 0 Å². The van der Waals surface area contributed by atoms with E-state index in [-0.39, 0.29) is 12.5 Å². The second kappa shape index (κ2) is 4.05. The molecule has 0 saturated carbocycles. The number of benzene rings is 1. The van der Waals surface area contributed by atoms with Gasteiger partial charge in [0.2, 0.25) is 5.92 Å². The number of halogens is 2. The van der Waals surface area contributed by atoms with Crippen molar-refractivity contribution in [3.05, 3.63) is 35.4 Å². The van der Waals surface area contributed by atoms with E-state index >= 15 is 0 Å². The molecule has 1 aromatic rings. The molecule has 0 saturated heterocycles. The average Bonchev–Trinajstić information content (AvgIpc) is 2.01. The lowest BCUT2D eigenvalue weighted by Gasteiger charge is -2.12. The molecule has 1 rings (SSSR count). The predicted octanol–water partition coefficient (Wildman–Crippen LogP) is 2.90. The van der Waals surface area contributed by atoms with Gasteiger partial charge >= 0.3 is 0 Å². The van der Waals surface area contributed by atoms with E-state index in [1.165, 1.54) is 0 Å². The Morgan fingerprint density at radius 3 is 2.57 bits per heavy atom. The minimum Gasteiger partial charge on any atom is -0.324 e. The fourth-order valence-electron chi connectivity index (χ4n) is 1.34. The standard InChI is InChI=1S/C11H15F2N/c1-8(14)10-5-3-4-9(6-10)7-11(2,12)13/h3-6,8H,7,14H2,1-2H3. The zero-order valence-electron chi connectivity index (χ0n) is 8.43. The van der Waals surface area contributed by atoms with Crippen LogP contribution in [0, 0.1) is 0 Å². The van der Waals surface area contributed by atoms with Crippen molar-refractivity contribution < 1.29 is 8.78 Å². The number of rotatable bonds is 3. The Labute approximate surface area is 82.9 Å². The van der Waals surface area contributed by atoms with Gasteiger partial charge in [0.1, 0.15) is 0 Å². The van der Waals surface area contributed by atoms with E-state index < -0.39 is 5.92 Å². The molecule has 1 atom stereocenters. The summed E-state index contributed by atoms with van der Waals surface area (Å²) >= 11 is 0.